The van der Waals surface area contributed by atoms with Gasteiger partial charge in [0, 0.05) is 6.54 Å². The van der Waals surface area contributed by atoms with Gasteiger partial charge in [-0.2, -0.15) is 5.26 Å². The summed E-state index contributed by atoms with van der Waals surface area (Å²) in [4.78, 5) is 11.9. The number of carbonyl (C=O) groups excluding carboxylic acids is 1. The molecular formula is C16H16N4O. The predicted octanol–water partition coefficient (Wildman–Crippen LogP) is 2.77. The minimum atomic E-state index is -0.361. The highest BCUT2D eigenvalue weighted by Crippen LogP contribution is 2.19. The first kappa shape index (κ1) is 14.4. The van der Waals surface area contributed by atoms with Crippen molar-refractivity contribution in [2.75, 3.05) is 11.1 Å². The van der Waals surface area contributed by atoms with E-state index in [4.69, 9.17) is 11.0 Å². The van der Waals surface area contributed by atoms with E-state index in [9.17, 15) is 4.79 Å². The largest absolute Gasteiger partial charge is 0.397 e. The maximum Gasteiger partial charge on any atom is 0.319 e. The van der Waals surface area contributed by atoms with Crippen molar-refractivity contribution in [3.05, 3.63) is 59.2 Å². The van der Waals surface area contributed by atoms with E-state index in [0.717, 1.165) is 11.1 Å². The lowest BCUT2D eigenvalue weighted by Crippen LogP contribution is -2.28. The predicted molar refractivity (Wildman–Crippen MR) is 82.6 cm³/mol. The summed E-state index contributed by atoms with van der Waals surface area (Å²) in [6.07, 6.45) is 0. The number of nitrogens with two attached hydrogens (primary N) is 1. The van der Waals surface area contributed by atoms with Crippen LogP contribution in [0.15, 0.2) is 42.5 Å². The van der Waals surface area contributed by atoms with E-state index in [-0.39, 0.29) is 6.03 Å². The summed E-state index contributed by atoms with van der Waals surface area (Å²) in [6.45, 7) is 2.42. The molecular weight excluding hydrogens is 264 g/mol. The van der Waals surface area contributed by atoms with E-state index < -0.39 is 0 Å². The number of benzene rings is 2. The number of nitrogens with one attached hydrogen (secondary N) is 2. The standard InChI is InChI=1S/C16H16N4O/c1-11-4-2-3-5-13(11)10-19-16(21)20-15-8-12(9-17)6-7-14(15)18/h2-8H,10,18H2,1H3,(H2,19,20,21). The highest BCUT2D eigenvalue weighted by atomic mass is 16.2. The van der Waals surface area contributed by atoms with Gasteiger partial charge >= 0.3 is 6.03 Å². The molecule has 2 rings (SSSR count). The molecule has 5 nitrogen and oxygen atoms in total. The molecule has 0 aliphatic heterocycles. The molecule has 106 valence electrons. The van der Waals surface area contributed by atoms with Gasteiger partial charge in [-0.1, -0.05) is 24.3 Å². The number of hydrogen-bond acceptors (Lipinski definition) is 3. The molecule has 0 bridgehead atoms. The Kier molecular flexibility index (Phi) is 4.42. The Morgan fingerprint density at radius 2 is 2.05 bits per heavy atom. The third-order valence-corrected chi connectivity index (χ3v) is 3.13. The molecule has 0 unspecified atom stereocenters. The number of anilines is 2. The smallest absolute Gasteiger partial charge is 0.319 e. The molecule has 0 aliphatic carbocycles. The summed E-state index contributed by atoms with van der Waals surface area (Å²) >= 11 is 0. The lowest BCUT2D eigenvalue weighted by atomic mass is 10.1. The van der Waals surface area contributed by atoms with Crippen molar-refractivity contribution in [1.82, 2.24) is 5.32 Å². The van der Waals surface area contributed by atoms with Crippen LogP contribution in [-0.4, -0.2) is 6.03 Å². The summed E-state index contributed by atoms with van der Waals surface area (Å²) in [5.74, 6) is 0. The summed E-state index contributed by atoms with van der Waals surface area (Å²) in [5, 5.41) is 14.3. The zero-order valence-electron chi connectivity index (χ0n) is 11.7. The average molecular weight is 280 g/mol. The average Bonchev–Trinajstić information content (AvgIpc) is 2.48. The zero-order valence-corrected chi connectivity index (χ0v) is 11.7. The number of carbonyl (C=O) groups is 1. The van der Waals surface area contributed by atoms with E-state index in [2.05, 4.69) is 10.6 Å². The van der Waals surface area contributed by atoms with E-state index in [0.29, 0.717) is 23.5 Å². The molecule has 2 amide bonds. The van der Waals surface area contributed by atoms with Crippen LogP contribution in [0.1, 0.15) is 16.7 Å². The Hall–Kier alpha value is -3.00. The van der Waals surface area contributed by atoms with Gasteiger partial charge in [-0.05, 0) is 36.2 Å². The van der Waals surface area contributed by atoms with Gasteiger partial charge in [-0.15, -0.1) is 0 Å². The van der Waals surface area contributed by atoms with Crippen molar-refractivity contribution in [2.45, 2.75) is 13.5 Å². The highest BCUT2D eigenvalue weighted by molar-refractivity contribution is 5.92. The molecule has 21 heavy (non-hydrogen) atoms. The topological polar surface area (TPSA) is 90.9 Å². The Bertz CT molecular complexity index is 704. The number of nitriles is 1. The van der Waals surface area contributed by atoms with Gasteiger partial charge in [-0.3, -0.25) is 0 Å². The van der Waals surface area contributed by atoms with Crippen LogP contribution in [0.4, 0.5) is 16.2 Å². The van der Waals surface area contributed by atoms with Crippen LogP contribution < -0.4 is 16.4 Å². The summed E-state index contributed by atoms with van der Waals surface area (Å²) in [5.41, 5.74) is 9.22. The monoisotopic (exact) mass is 280 g/mol. The first-order valence-electron chi connectivity index (χ1n) is 6.49. The Balaban J connectivity index is 2.00. The first-order chi connectivity index (χ1) is 10.1. The molecule has 0 fully saturated rings. The van der Waals surface area contributed by atoms with Gasteiger partial charge in [-0.25, -0.2) is 4.79 Å². The molecule has 0 spiro atoms. The number of aryl methyl sites for hydroxylation is 1. The van der Waals surface area contributed by atoms with Crippen LogP contribution >= 0.6 is 0 Å². The van der Waals surface area contributed by atoms with E-state index >= 15 is 0 Å². The fraction of sp³-hybridized carbons (Fsp3) is 0.125. The molecule has 2 aromatic carbocycles. The van der Waals surface area contributed by atoms with Crippen LogP contribution in [0, 0.1) is 18.3 Å². The molecule has 2 aromatic rings. The fourth-order valence-electron chi connectivity index (χ4n) is 1.88. The Labute approximate surface area is 123 Å². The second-order valence-electron chi connectivity index (χ2n) is 4.65. The number of amides is 2. The van der Waals surface area contributed by atoms with Gasteiger partial charge in [0.1, 0.15) is 0 Å². The molecule has 0 saturated carbocycles. The molecule has 0 heterocycles. The van der Waals surface area contributed by atoms with Crippen molar-refractivity contribution in [3.63, 3.8) is 0 Å². The van der Waals surface area contributed by atoms with E-state index in [1.165, 1.54) is 0 Å². The first-order valence-corrected chi connectivity index (χ1v) is 6.49. The number of nitrogen functional groups attached to an aromatic ring is 1. The van der Waals surface area contributed by atoms with Gasteiger partial charge in [0.15, 0.2) is 0 Å². The molecule has 0 radical (unpaired) electrons. The minimum absolute atomic E-state index is 0.361. The quantitative estimate of drug-likeness (QED) is 0.755. The van der Waals surface area contributed by atoms with Crippen molar-refractivity contribution in [1.29, 1.82) is 5.26 Å². The fourth-order valence-corrected chi connectivity index (χ4v) is 1.88. The Morgan fingerprint density at radius 1 is 1.29 bits per heavy atom. The SMILES string of the molecule is Cc1ccccc1CNC(=O)Nc1cc(C#N)ccc1N. The number of nitrogens with zero attached hydrogens (tertiary/aromatic N) is 1. The molecule has 4 N–H and O–H groups in total. The van der Waals surface area contributed by atoms with Gasteiger partial charge in [0.05, 0.1) is 23.0 Å². The maximum atomic E-state index is 11.9. The molecule has 0 aromatic heterocycles. The van der Waals surface area contributed by atoms with Crippen LogP contribution in [0.3, 0.4) is 0 Å². The van der Waals surface area contributed by atoms with Gasteiger partial charge in [0.2, 0.25) is 0 Å². The molecule has 0 aliphatic rings. The minimum Gasteiger partial charge on any atom is -0.397 e. The maximum absolute atomic E-state index is 11.9. The number of hydrogen-bond donors (Lipinski definition) is 3. The lowest BCUT2D eigenvalue weighted by Gasteiger charge is -2.11. The molecule has 0 atom stereocenters. The van der Waals surface area contributed by atoms with Crippen molar-refractivity contribution in [3.8, 4) is 6.07 Å². The number of urea groups is 1. The number of rotatable bonds is 3. The van der Waals surface area contributed by atoms with Crippen LogP contribution in [0.2, 0.25) is 0 Å². The van der Waals surface area contributed by atoms with Gasteiger partial charge in [0.25, 0.3) is 0 Å². The third kappa shape index (κ3) is 3.74. The van der Waals surface area contributed by atoms with Crippen molar-refractivity contribution >= 4 is 17.4 Å². The van der Waals surface area contributed by atoms with E-state index in [1.54, 1.807) is 18.2 Å². The highest BCUT2D eigenvalue weighted by Gasteiger charge is 2.06. The second-order valence-corrected chi connectivity index (χ2v) is 4.65. The third-order valence-electron chi connectivity index (χ3n) is 3.13. The van der Waals surface area contributed by atoms with Crippen LogP contribution in [0.5, 0.6) is 0 Å². The summed E-state index contributed by atoms with van der Waals surface area (Å²) < 4.78 is 0. The van der Waals surface area contributed by atoms with Crippen molar-refractivity contribution < 1.29 is 4.79 Å². The van der Waals surface area contributed by atoms with Crippen LogP contribution in [0.25, 0.3) is 0 Å². The van der Waals surface area contributed by atoms with E-state index in [1.807, 2.05) is 37.3 Å². The normalized spacial score (nSPS) is 9.71. The lowest BCUT2D eigenvalue weighted by molar-refractivity contribution is 0.251. The summed E-state index contributed by atoms with van der Waals surface area (Å²) in [6, 6.07) is 14.2. The molecule has 0 saturated heterocycles. The molecule has 5 heteroatoms. The zero-order chi connectivity index (χ0) is 15.2. The summed E-state index contributed by atoms with van der Waals surface area (Å²) in [7, 11) is 0. The van der Waals surface area contributed by atoms with Crippen molar-refractivity contribution in [2.24, 2.45) is 0 Å². The Morgan fingerprint density at radius 3 is 2.76 bits per heavy atom. The van der Waals surface area contributed by atoms with Gasteiger partial charge < -0.3 is 16.4 Å². The van der Waals surface area contributed by atoms with Crippen LogP contribution in [-0.2, 0) is 6.54 Å². The second kappa shape index (κ2) is 6.44.